The summed E-state index contributed by atoms with van der Waals surface area (Å²) < 4.78 is 6.99. The number of carbonyl (C=O) groups excluding carboxylic acids is 2. The van der Waals surface area contributed by atoms with E-state index >= 15 is 0 Å². The number of amides is 1. The normalized spacial score (nSPS) is 12.1. The lowest BCUT2D eigenvalue weighted by molar-refractivity contribution is -0.109. The Labute approximate surface area is 230 Å². The van der Waals surface area contributed by atoms with Crippen molar-refractivity contribution in [2.75, 3.05) is 19.5 Å². The van der Waals surface area contributed by atoms with E-state index in [9.17, 15) is 9.59 Å². The van der Waals surface area contributed by atoms with Gasteiger partial charge in [0, 0.05) is 41.9 Å². The standard InChI is InChI=1S/C30H27N7O3/c1-19-14-15-22(30(33-19)40-3)27-25(28-32-16-9-17-37(28)36-27)29(39)35-24(18-38)34-26(20-10-5-4-6-11-20)21-12-7-8-13-23(21)31-2/h4-18,24,31H,1-3H3,(H,35,39). The van der Waals surface area contributed by atoms with Gasteiger partial charge in [0.25, 0.3) is 5.91 Å². The Morgan fingerprint density at radius 2 is 1.82 bits per heavy atom. The molecule has 10 nitrogen and oxygen atoms in total. The predicted octanol–water partition coefficient (Wildman–Crippen LogP) is 3.94. The van der Waals surface area contributed by atoms with E-state index in [4.69, 9.17) is 9.73 Å². The Balaban J connectivity index is 1.60. The highest BCUT2D eigenvalue weighted by atomic mass is 16.5. The summed E-state index contributed by atoms with van der Waals surface area (Å²) in [4.78, 5) is 39.7. The molecule has 1 amide bonds. The molecule has 0 bridgehead atoms. The lowest BCUT2D eigenvalue weighted by Crippen LogP contribution is -2.36. The van der Waals surface area contributed by atoms with Gasteiger partial charge in [0.2, 0.25) is 5.88 Å². The van der Waals surface area contributed by atoms with E-state index in [1.165, 1.54) is 11.6 Å². The Kier molecular flexibility index (Phi) is 7.58. The number of para-hydroxylation sites is 1. The van der Waals surface area contributed by atoms with Crippen molar-refractivity contribution in [1.82, 2.24) is 24.9 Å². The fourth-order valence-corrected chi connectivity index (χ4v) is 4.40. The molecule has 5 aromatic rings. The molecule has 1 unspecified atom stereocenters. The van der Waals surface area contributed by atoms with E-state index in [0.29, 0.717) is 34.8 Å². The number of aldehydes is 1. The Morgan fingerprint density at radius 1 is 1.05 bits per heavy atom. The molecule has 40 heavy (non-hydrogen) atoms. The maximum Gasteiger partial charge on any atom is 0.259 e. The van der Waals surface area contributed by atoms with E-state index in [-0.39, 0.29) is 5.56 Å². The van der Waals surface area contributed by atoms with Crippen LogP contribution in [0.15, 0.2) is 90.2 Å². The van der Waals surface area contributed by atoms with Crippen molar-refractivity contribution in [3.63, 3.8) is 0 Å². The minimum absolute atomic E-state index is 0.170. The Hall–Kier alpha value is -5.38. The largest absolute Gasteiger partial charge is 0.480 e. The number of methoxy groups -OCH3 is 1. The molecule has 0 saturated heterocycles. The Morgan fingerprint density at radius 3 is 2.58 bits per heavy atom. The third kappa shape index (κ3) is 5.14. The molecule has 2 aromatic carbocycles. The van der Waals surface area contributed by atoms with E-state index < -0.39 is 12.1 Å². The van der Waals surface area contributed by atoms with Gasteiger partial charge < -0.3 is 15.4 Å². The molecule has 2 N–H and O–H groups in total. The minimum atomic E-state index is -1.20. The van der Waals surface area contributed by atoms with Gasteiger partial charge in [0.05, 0.1) is 18.4 Å². The van der Waals surface area contributed by atoms with Crippen molar-refractivity contribution in [3.05, 3.63) is 108 Å². The summed E-state index contributed by atoms with van der Waals surface area (Å²) in [5, 5.41) is 10.5. The average Bonchev–Trinajstić information content (AvgIpc) is 3.39. The zero-order valence-corrected chi connectivity index (χ0v) is 22.2. The van der Waals surface area contributed by atoms with Crippen molar-refractivity contribution < 1.29 is 14.3 Å². The van der Waals surface area contributed by atoms with Crippen molar-refractivity contribution in [1.29, 1.82) is 0 Å². The molecule has 200 valence electrons. The highest BCUT2D eigenvalue weighted by molar-refractivity contribution is 6.16. The number of hydrogen-bond acceptors (Lipinski definition) is 8. The lowest BCUT2D eigenvalue weighted by atomic mass is 10.0. The number of fused-ring (bicyclic) bond motifs is 1. The van der Waals surface area contributed by atoms with Crippen LogP contribution >= 0.6 is 0 Å². The van der Waals surface area contributed by atoms with E-state index in [2.05, 4.69) is 25.7 Å². The van der Waals surface area contributed by atoms with Crippen LogP contribution in [0.3, 0.4) is 0 Å². The first kappa shape index (κ1) is 26.2. The van der Waals surface area contributed by atoms with Crippen molar-refractivity contribution >= 4 is 29.2 Å². The van der Waals surface area contributed by atoms with Crippen LogP contribution in [-0.4, -0.2) is 57.8 Å². The molecule has 0 aliphatic rings. The summed E-state index contributed by atoms with van der Waals surface area (Å²) in [7, 11) is 3.32. The number of rotatable bonds is 9. The number of ether oxygens (including phenoxy) is 1. The second-order valence-corrected chi connectivity index (χ2v) is 8.81. The zero-order chi connectivity index (χ0) is 28.1. The van der Waals surface area contributed by atoms with Gasteiger partial charge in [-0.15, -0.1) is 0 Å². The third-order valence-corrected chi connectivity index (χ3v) is 6.25. The molecular weight excluding hydrogens is 506 g/mol. The molecule has 5 rings (SSSR count). The third-order valence-electron chi connectivity index (χ3n) is 6.25. The van der Waals surface area contributed by atoms with Crippen LogP contribution in [0.1, 0.15) is 27.2 Å². The second kappa shape index (κ2) is 11.6. The highest BCUT2D eigenvalue weighted by Crippen LogP contribution is 2.32. The summed E-state index contributed by atoms with van der Waals surface area (Å²) in [6, 6.07) is 22.4. The van der Waals surface area contributed by atoms with Crippen LogP contribution < -0.4 is 15.4 Å². The number of nitrogens with zero attached hydrogens (tertiary/aromatic N) is 5. The number of aliphatic imine (C=N–C) groups is 1. The average molecular weight is 534 g/mol. The SMILES string of the molecule is CNc1ccccc1C(=NC(C=O)NC(=O)c1c(-c2ccc(C)nc2OC)nn2cccnc12)c1ccccc1. The number of benzene rings is 2. The predicted molar refractivity (Wildman–Crippen MR) is 153 cm³/mol. The summed E-state index contributed by atoms with van der Waals surface area (Å²) in [5.41, 5.74) is 5.02. The monoisotopic (exact) mass is 533 g/mol. The van der Waals surface area contributed by atoms with Gasteiger partial charge in [0.15, 0.2) is 18.1 Å². The van der Waals surface area contributed by atoms with Crippen LogP contribution in [0, 0.1) is 6.92 Å². The summed E-state index contributed by atoms with van der Waals surface area (Å²) >= 11 is 0. The molecular formula is C30H27N7O3. The van der Waals surface area contributed by atoms with Crippen LogP contribution in [0.4, 0.5) is 5.69 Å². The van der Waals surface area contributed by atoms with Gasteiger partial charge >= 0.3 is 0 Å². The van der Waals surface area contributed by atoms with E-state index in [1.807, 2.05) is 68.6 Å². The first-order valence-corrected chi connectivity index (χ1v) is 12.6. The van der Waals surface area contributed by atoms with Gasteiger partial charge in [-0.3, -0.25) is 14.6 Å². The van der Waals surface area contributed by atoms with Crippen LogP contribution in [0.2, 0.25) is 0 Å². The zero-order valence-electron chi connectivity index (χ0n) is 22.2. The smallest absolute Gasteiger partial charge is 0.259 e. The second-order valence-electron chi connectivity index (χ2n) is 8.81. The number of carbonyl (C=O) groups is 2. The fraction of sp³-hybridized carbons (Fsp3) is 0.133. The molecule has 3 heterocycles. The number of aromatic nitrogens is 4. The number of aryl methyl sites for hydroxylation is 1. The van der Waals surface area contributed by atoms with Gasteiger partial charge in [0.1, 0.15) is 11.3 Å². The number of nitrogens with one attached hydrogen (secondary N) is 2. The number of anilines is 1. The van der Waals surface area contributed by atoms with Gasteiger partial charge in [-0.1, -0.05) is 48.5 Å². The van der Waals surface area contributed by atoms with Gasteiger partial charge in [-0.25, -0.2) is 14.5 Å². The fourth-order valence-electron chi connectivity index (χ4n) is 4.40. The minimum Gasteiger partial charge on any atom is -0.480 e. The summed E-state index contributed by atoms with van der Waals surface area (Å²) in [6.07, 6.45) is 2.65. The molecule has 1 atom stereocenters. The maximum atomic E-state index is 13.8. The van der Waals surface area contributed by atoms with Crippen molar-refractivity contribution in [2.24, 2.45) is 4.99 Å². The molecule has 0 fully saturated rings. The van der Waals surface area contributed by atoms with E-state index in [0.717, 1.165) is 22.5 Å². The van der Waals surface area contributed by atoms with Crippen molar-refractivity contribution in [3.8, 4) is 17.1 Å². The van der Waals surface area contributed by atoms with Gasteiger partial charge in [-0.05, 0) is 31.2 Å². The number of hydrogen-bond donors (Lipinski definition) is 2. The van der Waals surface area contributed by atoms with E-state index in [1.54, 1.807) is 30.6 Å². The van der Waals surface area contributed by atoms with Crippen molar-refractivity contribution in [2.45, 2.75) is 13.1 Å². The topological polar surface area (TPSA) is 123 Å². The quantitative estimate of drug-likeness (QED) is 0.217. The first-order valence-electron chi connectivity index (χ1n) is 12.6. The highest BCUT2D eigenvalue weighted by Gasteiger charge is 2.26. The Bertz CT molecular complexity index is 1710. The molecule has 10 heteroatoms. The molecule has 0 aliphatic heterocycles. The molecule has 0 spiro atoms. The molecule has 3 aromatic heterocycles. The lowest BCUT2D eigenvalue weighted by Gasteiger charge is -2.16. The number of pyridine rings is 1. The summed E-state index contributed by atoms with van der Waals surface area (Å²) in [6.45, 7) is 1.84. The summed E-state index contributed by atoms with van der Waals surface area (Å²) in [5.74, 6) is -0.251. The maximum absolute atomic E-state index is 13.8. The van der Waals surface area contributed by atoms with Crippen LogP contribution in [-0.2, 0) is 4.79 Å². The molecule has 0 aliphatic carbocycles. The van der Waals surface area contributed by atoms with Gasteiger partial charge in [-0.2, -0.15) is 5.10 Å². The first-order chi connectivity index (χ1) is 19.5. The molecule has 0 saturated carbocycles. The van der Waals surface area contributed by atoms with Crippen LogP contribution in [0.25, 0.3) is 16.9 Å². The molecule has 0 radical (unpaired) electrons. The van der Waals surface area contributed by atoms with Crippen LogP contribution in [0.5, 0.6) is 5.88 Å².